The lowest BCUT2D eigenvalue weighted by Crippen LogP contribution is -1.86. The molecule has 0 saturated heterocycles. The Morgan fingerprint density at radius 1 is 1.70 bits per heavy atom. The molecular weight excluding hydrogens is 146 g/mol. The van der Waals surface area contributed by atoms with Crippen LogP contribution in [-0.2, 0) is 0 Å². The third-order valence-corrected chi connectivity index (χ3v) is 1.97. The highest BCUT2D eigenvalue weighted by atomic mass is 32.2. The first-order chi connectivity index (χ1) is 4.74. The smallest absolute Gasteiger partial charge is 0.138 e. The van der Waals surface area contributed by atoms with E-state index in [-0.39, 0.29) is 0 Å². The van der Waals surface area contributed by atoms with Crippen LogP contribution in [0.25, 0.3) is 0 Å². The quantitative estimate of drug-likeness (QED) is 0.638. The van der Waals surface area contributed by atoms with E-state index >= 15 is 0 Å². The summed E-state index contributed by atoms with van der Waals surface area (Å²) >= 11 is 1.66. The van der Waals surface area contributed by atoms with Crippen molar-refractivity contribution < 1.29 is 0 Å². The lowest BCUT2D eigenvalue weighted by atomic mass is 10.8. The number of nitrogens with two attached hydrogens (primary N) is 1. The van der Waals surface area contributed by atoms with Crippen molar-refractivity contribution in [2.75, 3.05) is 11.5 Å². The van der Waals surface area contributed by atoms with Crippen molar-refractivity contribution in [1.82, 2.24) is 9.97 Å². The Morgan fingerprint density at radius 2 is 2.40 bits per heavy atom. The van der Waals surface area contributed by atoms with Crippen molar-refractivity contribution in [1.29, 1.82) is 0 Å². The molecule has 0 aliphatic carbocycles. The Hall–Kier alpha value is -0.640. The van der Waals surface area contributed by atoms with E-state index in [1.54, 1.807) is 11.8 Å². The molecule has 4 heteroatoms. The SMILES string of the molecule is CCSc1nc(C)[nH]c1N. The zero-order chi connectivity index (χ0) is 7.56. The predicted octanol–water partition coefficient (Wildman–Crippen LogP) is 1.41. The fraction of sp³-hybridized carbons (Fsp3) is 0.500. The molecule has 1 aromatic rings. The number of anilines is 1. The summed E-state index contributed by atoms with van der Waals surface area (Å²) in [7, 11) is 0. The first kappa shape index (κ1) is 7.47. The fourth-order valence-corrected chi connectivity index (χ4v) is 1.42. The molecule has 10 heavy (non-hydrogen) atoms. The lowest BCUT2D eigenvalue weighted by Gasteiger charge is -1.90. The van der Waals surface area contributed by atoms with Crippen LogP contribution < -0.4 is 5.73 Å². The highest BCUT2D eigenvalue weighted by molar-refractivity contribution is 7.99. The molecule has 0 unspecified atom stereocenters. The molecule has 56 valence electrons. The van der Waals surface area contributed by atoms with Gasteiger partial charge < -0.3 is 10.7 Å². The topological polar surface area (TPSA) is 54.7 Å². The standard InChI is InChI=1S/C6H11N3S/c1-3-10-6-5(7)8-4(2)9-6/h3,7H2,1-2H3,(H,8,9). The molecule has 0 amide bonds. The molecule has 1 heterocycles. The minimum atomic E-state index is 0.685. The summed E-state index contributed by atoms with van der Waals surface area (Å²) in [5.41, 5.74) is 5.59. The first-order valence-corrected chi connectivity index (χ1v) is 4.17. The van der Waals surface area contributed by atoms with Crippen LogP contribution >= 0.6 is 11.8 Å². The normalized spacial score (nSPS) is 10.2. The van der Waals surface area contributed by atoms with Crippen LogP contribution in [0.3, 0.4) is 0 Å². The van der Waals surface area contributed by atoms with Gasteiger partial charge in [-0.15, -0.1) is 11.8 Å². The summed E-state index contributed by atoms with van der Waals surface area (Å²) in [6.45, 7) is 3.98. The molecule has 0 aliphatic rings. The number of rotatable bonds is 2. The summed E-state index contributed by atoms with van der Waals surface area (Å²) in [6.07, 6.45) is 0. The number of aromatic amines is 1. The summed E-state index contributed by atoms with van der Waals surface area (Å²) in [4.78, 5) is 7.12. The zero-order valence-electron chi connectivity index (χ0n) is 6.14. The van der Waals surface area contributed by atoms with Crippen LogP contribution in [0.15, 0.2) is 5.03 Å². The van der Waals surface area contributed by atoms with Crippen LogP contribution in [0, 0.1) is 6.92 Å². The maximum Gasteiger partial charge on any atom is 0.138 e. The number of hydrogen-bond acceptors (Lipinski definition) is 3. The fourth-order valence-electron chi connectivity index (χ4n) is 0.736. The molecule has 1 aromatic heterocycles. The Balaban J connectivity index is 2.81. The molecule has 0 radical (unpaired) electrons. The molecule has 0 bridgehead atoms. The third kappa shape index (κ3) is 1.44. The van der Waals surface area contributed by atoms with Gasteiger partial charge in [-0.2, -0.15) is 0 Å². The maximum atomic E-state index is 5.59. The van der Waals surface area contributed by atoms with Crippen molar-refractivity contribution >= 4 is 17.6 Å². The molecule has 3 nitrogen and oxygen atoms in total. The summed E-state index contributed by atoms with van der Waals surface area (Å²) in [5, 5.41) is 0.917. The summed E-state index contributed by atoms with van der Waals surface area (Å²) < 4.78 is 0. The molecular formula is C6H11N3S. The molecule has 0 aliphatic heterocycles. The highest BCUT2D eigenvalue weighted by Crippen LogP contribution is 2.20. The van der Waals surface area contributed by atoms with Gasteiger partial charge in [-0.1, -0.05) is 6.92 Å². The molecule has 0 spiro atoms. The van der Waals surface area contributed by atoms with E-state index in [0.29, 0.717) is 5.82 Å². The van der Waals surface area contributed by atoms with Crippen molar-refractivity contribution in [3.63, 3.8) is 0 Å². The third-order valence-electron chi connectivity index (χ3n) is 1.10. The monoisotopic (exact) mass is 157 g/mol. The number of imidazole rings is 1. The number of aryl methyl sites for hydroxylation is 1. The number of hydrogen-bond donors (Lipinski definition) is 2. The number of nitrogen functional groups attached to an aromatic ring is 1. The number of nitrogens with one attached hydrogen (secondary N) is 1. The van der Waals surface area contributed by atoms with Gasteiger partial charge in [0.15, 0.2) is 0 Å². The van der Waals surface area contributed by atoms with E-state index in [1.807, 2.05) is 6.92 Å². The average molecular weight is 157 g/mol. The van der Waals surface area contributed by atoms with Crippen LogP contribution in [0.4, 0.5) is 5.82 Å². The second kappa shape index (κ2) is 2.96. The molecule has 0 aromatic carbocycles. The van der Waals surface area contributed by atoms with Crippen LogP contribution in [0.1, 0.15) is 12.7 Å². The van der Waals surface area contributed by atoms with Gasteiger partial charge in [0, 0.05) is 0 Å². The van der Waals surface area contributed by atoms with Gasteiger partial charge in [0.25, 0.3) is 0 Å². The van der Waals surface area contributed by atoms with Gasteiger partial charge in [0.1, 0.15) is 16.7 Å². The number of nitrogens with zero attached hydrogens (tertiary/aromatic N) is 1. The van der Waals surface area contributed by atoms with Crippen LogP contribution in [0.5, 0.6) is 0 Å². The Kier molecular flexibility index (Phi) is 2.21. The summed E-state index contributed by atoms with van der Waals surface area (Å²) in [5.74, 6) is 2.58. The van der Waals surface area contributed by atoms with Gasteiger partial charge in [0.2, 0.25) is 0 Å². The average Bonchev–Trinajstić information content (AvgIpc) is 2.13. The van der Waals surface area contributed by atoms with E-state index in [0.717, 1.165) is 16.6 Å². The zero-order valence-corrected chi connectivity index (χ0v) is 6.96. The van der Waals surface area contributed by atoms with Gasteiger partial charge in [0.05, 0.1) is 0 Å². The van der Waals surface area contributed by atoms with E-state index in [4.69, 9.17) is 5.73 Å². The second-order valence-corrected chi connectivity index (χ2v) is 3.23. The van der Waals surface area contributed by atoms with Crippen molar-refractivity contribution in [3.8, 4) is 0 Å². The molecule has 0 atom stereocenters. The molecule has 0 fully saturated rings. The van der Waals surface area contributed by atoms with Gasteiger partial charge in [-0.3, -0.25) is 0 Å². The van der Waals surface area contributed by atoms with Crippen LogP contribution in [-0.4, -0.2) is 15.7 Å². The number of thioether (sulfide) groups is 1. The number of H-pyrrole nitrogens is 1. The maximum absolute atomic E-state index is 5.59. The van der Waals surface area contributed by atoms with Crippen molar-refractivity contribution in [3.05, 3.63) is 5.82 Å². The minimum Gasteiger partial charge on any atom is -0.383 e. The van der Waals surface area contributed by atoms with E-state index in [1.165, 1.54) is 0 Å². The Morgan fingerprint density at radius 3 is 2.80 bits per heavy atom. The van der Waals surface area contributed by atoms with E-state index < -0.39 is 0 Å². The van der Waals surface area contributed by atoms with Gasteiger partial charge >= 0.3 is 0 Å². The predicted molar refractivity (Wildman–Crippen MR) is 44.1 cm³/mol. The number of aromatic nitrogens is 2. The van der Waals surface area contributed by atoms with Gasteiger partial charge in [-0.25, -0.2) is 4.98 Å². The van der Waals surface area contributed by atoms with E-state index in [9.17, 15) is 0 Å². The molecule has 0 saturated carbocycles. The molecule has 1 rings (SSSR count). The van der Waals surface area contributed by atoms with Crippen molar-refractivity contribution in [2.45, 2.75) is 18.9 Å². The van der Waals surface area contributed by atoms with Crippen LogP contribution in [0.2, 0.25) is 0 Å². The highest BCUT2D eigenvalue weighted by Gasteiger charge is 2.02. The van der Waals surface area contributed by atoms with Crippen molar-refractivity contribution in [2.24, 2.45) is 0 Å². The largest absolute Gasteiger partial charge is 0.383 e. The molecule has 3 N–H and O–H groups in total. The second-order valence-electron chi connectivity index (χ2n) is 1.97. The Labute approximate surface area is 64.4 Å². The van der Waals surface area contributed by atoms with Gasteiger partial charge in [-0.05, 0) is 12.7 Å². The minimum absolute atomic E-state index is 0.685. The summed E-state index contributed by atoms with van der Waals surface area (Å²) in [6, 6.07) is 0. The Bertz CT molecular complexity index is 219. The lowest BCUT2D eigenvalue weighted by molar-refractivity contribution is 1.10. The van der Waals surface area contributed by atoms with E-state index in [2.05, 4.69) is 16.9 Å². The first-order valence-electron chi connectivity index (χ1n) is 3.19.